The first kappa shape index (κ1) is 17.6. The zero-order valence-corrected chi connectivity index (χ0v) is 16.3. The minimum Gasteiger partial charge on any atom is -0.378 e. The smallest absolute Gasteiger partial charge is 0.227 e. The van der Waals surface area contributed by atoms with Crippen LogP contribution in [0.15, 0.2) is 18.6 Å². The third-order valence-electron chi connectivity index (χ3n) is 5.93. The Morgan fingerprint density at radius 2 is 1.57 bits per heavy atom. The van der Waals surface area contributed by atoms with Crippen molar-refractivity contribution in [3.63, 3.8) is 0 Å². The van der Waals surface area contributed by atoms with Crippen molar-refractivity contribution in [2.24, 2.45) is 0 Å². The van der Waals surface area contributed by atoms with E-state index < -0.39 is 0 Å². The van der Waals surface area contributed by atoms with Crippen LogP contribution in [0.3, 0.4) is 0 Å². The molecule has 2 aliphatic heterocycles. The van der Waals surface area contributed by atoms with E-state index in [9.17, 15) is 0 Å². The van der Waals surface area contributed by atoms with Crippen molar-refractivity contribution in [2.45, 2.75) is 25.7 Å². The standard InChI is InChI=1S/C20H27N7O/c1-2-4-17-16(3-1)19(23-15-22-17)26-7-9-27(10-8-26)20-21-6-5-18(24-20)25-11-13-28-14-12-25/h5-6,15H,1-4,7-14H2. The van der Waals surface area contributed by atoms with Crippen LogP contribution < -0.4 is 14.7 Å². The van der Waals surface area contributed by atoms with Gasteiger partial charge in [-0.25, -0.2) is 15.0 Å². The summed E-state index contributed by atoms with van der Waals surface area (Å²) in [6.07, 6.45) is 8.30. The van der Waals surface area contributed by atoms with Gasteiger partial charge < -0.3 is 19.4 Å². The number of aryl methyl sites for hydroxylation is 1. The first-order chi connectivity index (χ1) is 13.9. The molecule has 2 aromatic heterocycles. The van der Waals surface area contributed by atoms with Crippen LogP contribution in [0.25, 0.3) is 0 Å². The summed E-state index contributed by atoms with van der Waals surface area (Å²) in [5.41, 5.74) is 2.62. The summed E-state index contributed by atoms with van der Waals surface area (Å²) in [6, 6.07) is 2.00. The largest absolute Gasteiger partial charge is 0.378 e. The number of fused-ring (bicyclic) bond motifs is 1. The van der Waals surface area contributed by atoms with E-state index in [1.807, 2.05) is 12.3 Å². The minimum absolute atomic E-state index is 0.765. The number of hydrogen-bond donors (Lipinski definition) is 0. The highest BCUT2D eigenvalue weighted by Crippen LogP contribution is 2.28. The summed E-state index contributed by atoms with van der Waals surface area (Å²) >= 11 is 0. The number of piperazine rings is 1. The second-order valence-electron chi connectivity index (χ2n) is 7.62. The molecular formula is C20H27N7O. The zero-order chi connectivity index (χ0) is 18.8. The van der Waals surface area contributed by atoms with Crippen LogP contribution in [0.5, 0.6) is 0 Å². The average molecular weight is 381 g/mol. The van der Waals surface area contributed by atoms with Gasteiger partial charge in [0.1, 0.15) is 18.0 Å². The van der Waals surface area contributed by atoms with E-state index in [1.54, 1.807) is 6.33 Å². The van der Waals surface area contributed by atoms with Crippen LogP contribution >= 0.6 is 0 Å². The van der Waals surface area contributed by atoms with Gasteiger partial charge in [-0.3, -0.25) is 0 Å². The van der Waals surface area contributed by atoms with Gasteiger partial charge in [0.15, 0.2) is 0 Å². The number of morpholine rings is 1. The number of anilines is 3. The maximum atomic E-state index is 5.45. The molecule has 0 aromatic carbocycles. The van der Waals surface area contributed by atoms with Gasteiger partial charge in [-0.05, 0) is 31.7 Å². The molecule has 0 amide bonds. The lowest BCUT2D eigenvalue weighted by Gasteiger charge is -2.37. The van der Waals surface area contributed by atoms with Gasteiger partial charge in [0.05, 0.1) is 13.2 Å². The number of rotatable bonds is 3. The summed E-state index contributed by atoms with van der Waals surface area (Å²) in [7, 11) is 0. The highest BCUT2D eigenvalue weighted by molar-refractivity contribution is 5.52. The number of nitrogens with zero attached hydrogens (tertiary/aromatic N) is 7. The molecule has 3 aliphatic rings. The second-order valence-corrected chi connectivity index (χ2v) is 7.62. The molecule has 1 aliphatic carbocycles. The Morgan fingerprint density at radius 3 is 2.43 bits per heavy atom. The molecule has 148 valence electrons. The van der Waals surface area contributed by atoms with Crippen molar-refractivity contribution in [3.05, 3.63) is 29.8 Å². The Labute approximate surface area is 165 Å². The van der Waals surface area contributed by atoms with Crippen LogP contribution in [0.2, 0.25) is 0 Å². The molecular weight excluding hydrogens is 354 g/mol. The van der Waals surface area contributed by atoms with Crippen LogP contribution in [-0.2, 0) is 17.6 Å². The van der Waals surface area contributed by atoms with Crippen LogP contribution in [-0.4, -0.2) is 72.4 Å². The molecule has 0 radical (unpaired) electrons. The van der Waals surface area contributed by atoms with Crippen LogP contribution in [0, 0.1) is 0 Å². The lowest BCUT2D eigenvalue weighted by atomic mass is 9.96. The Hall–Kier alpha value is -2.48. The predicted octanol–water partition coefficient (Wildman–Crippen LogP) is 1.31. The SMILES string of the molecule is c1cc(N2CCOCC2)nc(N2CCN(c3ncnc4c3CCCC4)CC2)n1. The average Bonchev–Trinajstić information content (AvgIpc) is 2.79. The fraction of sp³-hybridized carbons (Fsp3) is 0.600. The van der Waals surface area contributed by atoms with Gasteiger partial charge >= 0.3 is 0 Å². The van der Waals surface area contributed by atoms with Gasteiger partial charge in [-0.15, -0.1) is 0 Å². The van der Waals surface area contributed by atoms with E-state index in [1.165, 1.54) is 24.1 Å². The van der Waals surface area contributed by atoms with Gasteiger partial charge in [-0.2, -0.15) is 4.98 Å². The van der Waals surface area contributed by atoms with Crippen molar-refractivity contribution in [1.29, 1.82) is 0 Å². The highest BCUT2D eigenvalue weighted by atomic mass is 16.5. The maximum absolute atomic E-state index is 5.45. The molecule has 2 saturated heterocycles. The quantitative estimate of drug-likeness (QED) is 0.788. The van der Waals surface area contributed by atoms with Crippen molar-refractivity contribution >= 4 is 17.6 Å². The van der Waals surface area contributed by atoms with E-state index in [4.69, 9.17) is 9.72 Å². The summed E-state index contributed by atoms with van der Waals surface area (Å²) in [6.45, 7) is 7.01. The zero-order valence-electron chi connectivity index (χ0n) is 16.3. The van der Waals surface area contributed by atoms with Crippen molar-refractivity contribution in [2.75, 3.05) is 67.2 Å². The summed E-state index contributed by atoms with van der Waals surface area (Å²) < 4.78 is 5.45. The first-order valence-electron chi connectivity index (χ1n) is 10.4. The lowest BCUT2D eigenvalue weighted by molar-refractivity contribution is 0.122. The predicted molar refractivity (Wildman–Crippen MR) is 108 cm³/mol. The number of aromatic nitrogens is 4. The molecule has 0 saturated carbocycles. The highest BCUT2D eigenvalue weighted by Gasteiger charge is 2.25. The summed E-state index contributed by atoms with van der Waals surface area (Å²) in [5.74, 6) is 2.97. The van der Waals surface area contributed by atoms with E-state index in [0.717, 1.165) is 82.9 Å². The van der Waals surface area contributed by atoms with Crippen molar-refractivity contribution < 1.29 is 4.74 Å². The van der Waals surface area contributed by atoms with Gasteiger partial charge in [0.2, 0.25) is 5.95 Å². The molecule has 0 N–H and O–H groups in total. The van der Waals surface area contributed by atoms with E-state index in [0.29, 0.717) is 0 Å². The molecule has 8 nitrogen and oxygen atoms in total. The van der Waals surface area contributed by atoms with Crippen molar-refractivity contribution in [1.82, 2.24) is 19.9 Å². The monoisotopic (exact) mass is 381 g/mol. The molecule has 28 heavy (non-hydrogen) atoms. The molecule has 0 atom stereocenters. The molecule has 2 aromatic rings. The fourth-order valence-electron chi connectivity index (χ4n) is 4.35. The molecule has 8 heteroatoms. The molecule has 0 spiro atoms. The first-order valence-corrected chi connectivity index (χ1v) is 10.4. The lowest BCUT2D eigenvalue weighted by Crippen LogP contribution is -2.48. The third-order valence-corrected chi connectivity index (χ3v) is 5.93. The third kappa shape index (κ3) is 3.48. The Bertz CT molecular complexity index is 816. The molecule has 5 rings (SSSR count). The van der Waals surface area contributed by atoms with E-state index >= 15 is 0 Å². The van der Waals surface area contributed by atoms with Gasteiger partial charge in [0, 0.05) is 56.7 Å². The normalized spacial score (nSPS) is 20.2. The molecule has 0 bridgehead atoms. The summed E-state index contributed by atoms with van der Waals surface area (Å²) in [4.78, 5) is 25.5. The fourth-order valence-corrected chi connectivity index (χ4v) is 4.35. The number of hydrogen-bond acceptors (Lipinski definition) is 8. The Morgan fingerprint density at radius 1 is 0.786 bits per heavy atom. The Balaban J connectivity index is 1.28. The van der Waals surface area contributed by atoms with Gasteiger partial charge in [0.25, 0.3) is 0 Å². The topological polar surface area (TPSA) is 70.5 Å². The second kappa shape index (κ2) is 7.87. The number of ether oxygens (including phenoxy) is 1. The molecule has 0 unspecified atom stereocenters. The van der Waals surface area contributed by atoms with Crippen LogP contribution in [0.4, 0.5) is 17.6 Å². The summed E-state index contributed by atoms with van der Waals surface area (Å²) in [5, 5.41) is 0. The molecule has 2 fully saturated rings. The van der Waals surface area contributed by atoms with Crippen LogP contribution in [0.1, 0.15) is 24.1 Å². The maximum Gasteiger partial charge on any atom is 0.227 e. The molecule has 4 heterocycles. The minimum atomic E-state index is 0.765. The van der Waals surface area contributed by atoms with E-state index in [2.05, 4.69) is 29.7 Å². The van der Waals surface area contributed by atoms with Gasteiger partial charge in [-0.1, -0.05) is 0 Å². The Kier molecular flexibility index (Phi) is 4.95. The van der Waals surface area contributed by atoms with E-state index in [-0.39, 0.29) is 0 Å². The van der Waals surface area contributed by atoms with Crippen molar-refractivity contribution in [3.8, 4) is 0 Å².